The van der Waals surface area contributed by atoms with E-state index in [9.17, 15) is 0 Å². The van der Waals surface area contributed by atoms with E-state index in [1.807, 2.05) is 16.8 Å². The van der Waals surface area contributed by atoms with Crippen LogP contribution in [0.1, 0.15) is 50.8 Å². The molecule has 1 aromatic carbocycles. The molecule has 0 radical (unpaired) electrons. The van der Waals surface area contributed by atoms with E-state index >= 15 is 0 Å². The maximum absolute atomic E-state index is 4.81. The van der Waals surface area contributed by atoms with E-state index in [0.717, 1.165) is 59.7 Å². The fourth-order valence-electron chi connectivity index (χ4n) is 3.56. The molecule has 4 rings (SSSR count). The summed E-state index contributed by atoms with van der Waals surface area (Å²) in [5.41, 5.74) is 3.08. The number of rotatable bonds is 9. The van der Waals surface area contributed by atoms with Gasteiger partial charge in [-0.1, -0.05) is 39.3 Å². The van der Waals surface area contributed by atoms with Gasteiger partial charge in [0, 0.05) is 29.2 Å². The van der Waals surface area contributed by atoms with Gasteiger partial charge >= 0.3 is 0 Å². The van der Waals surface area contributed by atoms with Crippen molar-refractivity contribution in [3.05, 3.63) is 58.2 Å². The van der Waals surface area contributed by atoms with Gasteiger partial charge in [0.1, 0.15) is 11.5 Å². The Morgan fingerprint density at radius 3 is 2.61 bits per heavy atom. The highest BCUT2D eigenvalue weighted by Gasteiger charge is 2.15. The topological polar surface area (TPSA) is 90.1 Å². The van der Waals surface area contributed by atoms with E-state index in [2.05, 4.69) is 86.3 Å². The van der Waals surface area contributed by atoms with E-state index in [0.29, 0.717) is 11.7 Å². The lowest BCUT2D eigenvalue weighted by molar-refractivity contribution is 0.592. The van der Waals surface area contributed by atoms with Gasteiger partial charge in [0.2, 0.25) is 5.82 Å². The second-order valence-electron chi connectivity index (χ2n) is 8.09. The molecular formula is C22H27BrN8. The normalized spacial score (nSPS) is 11.5. The van der Waals surface area contributed by atoms with Gasteiger partial charge in [-0.05, 0) is 57.2 Å². The number of hydrogen-bond donors (Lipinski definition) is 1. The number of aromatic nitrogens is 8. The van der Waals surface area contributed by atoms with Crippen molar-refractivity contribution < 1.29 is 0 Å². The molecule has 9 heteroatoms. The number of halogens is 1. The molecule has 1 N–H and O–H groups in total. The minimum absolute atomic E-state index is 0.543. The van der Waals surface area contributed by atoms with Crippen molar-refractivity contribution in [2.75, 3.05) is 0 Å². The SMILES string of the molecule is CCCCc1nc(CC(C)C)nn1Cc1ccc(-n2ccc(Br)c2-c2nn[nH]n2)cc1. The summed E-state index contributed by atoms with van der Waals surface area (Å²) in [6.45, 7) is 7.33. The number of nitrogens with one attached hydrogen (secondary N) is 1. The molecule has 0 unspecified atom stereocenters. The molecule has 0 saturated carbocycles. The number of tetrazole rings is 1. The maximum Gasteiger partial charge on any atom is 0.222 e. The van der Waals surface area contributed by atoms with Crippen molar-refractivity contribution in [3.63, 3.8) is 0 Å². The first-order valence-corrected chi connectivity index (χ1v) is 11.5. The Labute approximate surface area is 190 Å². The van der Waals surface area contributed by atoms with Gasteiger partial charge in [-0.15, -0.1) is 10.2 Å². The zero-order chi connectivity index (χ0) is 21.8. The largest absolute Gasteiger partial charge is 0.313 e. The number of H-pyrrole nitrogens is 1. The molecule has 8 nitrogen and oxygen atoms in total. The van der Waals surface area contributed by atoms with E-state index < -0.39 is 0 Å². The third kappa shape index (κ3) is 4.92. The number of benzene rings is 1. The minimum atomic E-state index is 0.543. The lowest BCUT2D eigenvalue weighted by Gasteiger charge is -2.10. The molecule has 0 atom stereocenters. The Balaban J connectivity index is 1.57. The van der Waals surface area contributed by atoms with Gasteiger partial charge in [0.25, 0.3) is 0 Å². The van der Waals surface area contributed by atoms with Gasteiger partial charge in [-0.25, -0.2) is 9.67 Å². The first kappa shape index (κ1) is 21.4. The van der Waals surface area contributed by atoms with Crippen LogP contribution < -0.4 is 0 Å². The molecule has 0 aliphatic heterocycles. The third-order valence-electron chi connectivity index (χ3n) is 5.08. The zero-order valence-corrected chi connectivity index (χ0v) is 19.7. The molecule has 162 valence electrons. The van der Waals surface area contributed by atoms with Crippen LogP contribution in [0.3, 0.4) is 0 Å². The van der Waals surface area contributed by atoms with Gasteiger partial charge in [0.15, 0.2) is 5.82 Å². The van der Waals surface area contributed by atoms with Crippen LogP contribution in [-0.2, 0) is 19.4 Å². The summed E-state index contributed by atoms with van der Waals surface area (Å²) in [5.74, 6) is 3.11. The predicted octanol–water partition coefficient (Wildman–Crippen LogP) is 4.60. The smallest absolute Gasteiger partial charge is 0.222 e. The van der Waals surface area contributed by atoms with Crippen molar-refractivity contribution >= 4 is 15.9 Å². The first-order chi connectivity index (χ1) is 15.0. The fraction of sp³-hybridized carbons (Fsp3) is 0.409. The molecular weight excluding hydrogens is 456 g/mol. The van der Waals surface area contributed by atoms with Crippen LogP contribution in [0.25, 0.3) is 17.2 Å². The Morgan fingerprint density at radius 1 is 1.13 bits per heavy atom. The van der Waals surface area contributed by atoms with Crippen LogP contribution in [-0.4, -0.2) is 40.0 Å². The highest BCUT2D eigenvalue weighted by atomic mass is 79.9. The molecule has 0 amide bonds. The second kappa shape index (κ2) is 9.55. The summed E-state index contributed by atoms with van der Waals surface area (Å²) in [6, 6.07) is 10.4. The predicted molar refractivity (Wildman–Crippen MR) is 123 cm³/mol. The van der Waals surface area contributed by atoms with Crippen molar-refractivity contribution in [1.82, 2.24) is 40.0 Å². The van der Waals surface area contributed by atoms with Crippen LogP contribution >= 0.6 is 15.9 Å². The average Bonchev–Trinajstić information content (AvgIpc) is 3.47. The molecule has 0 spiro atoms. The molecule has 0 bridgehead atoms. The van der Waals surface area contributed by atoms with Gasteiger partial charge in [-0.2, -0.15) is 10.3 Å². The summed E-state index contributed by atoms with van der Waals surface area (Å²) in [6.07, 6.45) is 6.14. The van der Waals surface area contributed by atoms with E-state index in [4.69, 9.17) is 10.1 Å². The zero-order valence-electron chi connectivity index (χ0n) is 18.1. The first-order valence-electron chi connectivity index (χ1n) is 10.7. The summed E-state index contributed by atoms with van der Waals surface area (Å²) < 4.78 is 5.03. The number of aromatic amines is 1. The Morgan fingerprint density at radius 2 is 1.94 bits per heavy atom. The lowest BCUT2D eigenvalue weighted by Crippen LogP contribution is -2.08. The molecule has 3 aromatic heterocycles. The maximum atomic E-state index is 4.81. The Kier molecular flexibility index (Phi) is 6.60. The van der Waals surface area contributed by atoms with Crippen LogP contribution in [0.15, 0.2) is 41.0 Å². The minimum Gasteiger partial charge on any atom is -0.313 e. The van der Waals surface area contributed by atoms with Gasteiger partial charge < -0.3 is 4.57 Å². The summed E-state index contributed by atoms with van der Waals surface area (Å²) in [4.78, 5) is 4.81. The van der Waals surface area contributed by atoms with E-state index in [1.54, 1.807) is 0 Å². The third-order valence-corrected chi connectivity index (χ3v) is 5.72. The summed E-state index contributed by atoms with van der Waals surface area (Å²) >= 11 is 3.58. The average molecular weight is 483 g/mol. The fourth-order valence-corrected chi connectivity index (χ4v) is 4.05. The molecule has 31 heavy (non-hydrogen) atoms. The van der Waals surface area contributed by atoms with E-state index in [1.165, 1.54) is 5.56 Å². The van der Waals surface area contributed by atoms with Crippen LogP contribution in [0.5, 0.6) is 0 Å². The Hall–Kier alpha value is -2.81. The number of nitrogens with zero attached hydrogens (tertiary/aromatic N) is 7. The van der Waals surface area contributed by atoms with Crippen molar-refractivity contribution in [2.24, 2.45) is 5.92 Å². The number of unbranched alkanes of at least 4 members (excludes halogenated alkanes) is 1. The highest BCUT2D eigenvalue weighted by Crippen LogP contribution is 2.29. The molecule has 3 heterocycles. The summed E-state index contributed by atoms with van der Waals surface area (Å²) in [5, 5.41) is 19.2. The standard InChI is InChI=1S/C22H27BrN8/c1-4-5-6-20-24-19(13-15(2)3)27-31(20)14-16-7-9-17(10-8-16)30-12-11-18(23)21(30)22-25-28-29-26-22/h7-12,15H,4-6,13-14H2,1-3H3,(H,25,26,28,29). The summed E-state index contributed by atoms with van der Waals surface area (Å²) in [7, 11) is 0. The molecule has 0 aliphatic rings. The molecule has 0 saturated heterocycles. The molecule has 4 aromatic rings. The number of hydrogen-bond acceptors (Lipinski definition) is 5. The van der Waals surface area contributed by atoms with Crippen molar-refractivity contribution in [3.8, 4) is 17.2 Å². The van der Waals surface area contributed by atoms with Gasteiger partial charge in [-0.3, -0.25) is 0 Å². The van der Waals surface area contributed by atoms with Crippen molar-refractivity contribution in [2.45, 2.75) is 53.0 Å². The van der Waals surface area contributed by atoms with Crippen LogP contribution in [0.4, 0.5) is 0 Å². The van der Waals surface area contributed by atoms with E-state index in [-0.39, 0.29) is 0 Å². The second-order valence-corrected chi connectivity index (χ2v) is 8.94. The quantitative estimate of drug-likeness (QED) is 0.376. The molecule has 0 aliphatic carbocycles. The van der Waals surface area contributed by atoms with Crippen LogP contribution in [0, 0.1) is 5.92 Å². The Bertz CT molecular complexity index is 1110. The molecule has 0 fully saturated rings. The highest BCUT2D eigenvalue weighted by molar-refractivity contribution is 9.10. The monoisotopic (exact) mass is 482 g/mol. The van der Waals surface area contributed by atoms with Crippen molar-refractivity contribution in [1.29, 1.82) is 0 Å². The van der Waals surface area contributed by atoms with Gasteiger partial charge in [0.05, 0.1) is 6.54 Å². The lowest BCUT2D eigenvalue weighted by atomic mass is 10.1. The number of aryl methyl sites for hydroxylation is 1. The van der Waals surface area contributed by atoms with Crippen LogP contribution in [0.2, 0.25) is 0 Å².